The van der Waals surface area contributed by atoms with Crippen LogP contribution < -0.4 is 22.7 Å². The van der Waals surface area contributed by atoms with Crippen LogP contribution in [-0.4, -0.2) is 29.1 Å². The lowest BCUT2D eigenvalue weighted by Gasteiger charge is -2.04. The molecule has 0 aliphatic carbocycles. The number of halogens is 1. The van der Waals surface area contributed by atoms with Crippen LogP contribution in [0.25, 0.3) is 0 Å². The number of rotatable bonds is 2. The Morgan fingerprint density at radius 1 is 1.24 bits per heavy atom. The van der Waals surface area contributed by atoms with E-state index in [1.54, 1.807) is 0 Å². The van der Waals surface area contributed by atoms with E-state index >= 15 is 0 Å². The number of hydrogen-bond acceptors (Lipinski definition) is 3. The first-order valence-electron chi connectivity index (χ1n) is 4.49. The van der Waals surface area contributed by atoms with Gasteiger partial charge in [0.2, 0.25) is 5.96 Å². The molecule has 0 saturated heterocycles. The normalized spacial score (nSPS) is 11.1. The lowest BCUT2D eigenvalue weighted by atomic mass is 9.79. The van der Waals surface area contributed by atoms with E-state index in [2.05, 4.69) is 9.98 Å². The summed E-state index contributed by atoms with van der Waals surface area (Å²) < 4.78 is 12.9. The molecule has 1 rings (SSSR count). The summed E-state index contributed by atoms with van der Waals surface area (Å²) in [6, 6.07) is 3.24. The average Bonchev–Trinajstić information content (AvgIpc) is 2.19. The van der Waals surface area contributed by atoms with Gasteiger partial charge in [0.05, 0.1) is 5.69 Å². The van der Waals surface area contributed by atoms with Crippen LogP contribution in [-0.2, 0) is 0 Å². The van der Waals surface area contributed by atoms with Gasteiger partial charge in [0.25, 0.3) is 0 Å². The standard InChI is InChI=1S/C8H11BFN5O2/c10-4-1-2-6(5(3-4)9(16)17)14-8(13)15-7(11)12/h1-3,16-17H,(H6,11,12,13,14,15). The summed E-state index contributed by atoms with van der Waals surface area (Å²) in [7, 11) is -1.88. The molecule has 0 aliphatic heterocycles. The van der Waals surface area contributed by atoms with Crippen molar-refractivity contribution < 1.29 is 14.4 Å². The third kappa shape index (κ3) is 3.74. The molecule has 0 spiro atoms. The van der Waals surface area contributed by atoms with Crippen LogP contribution in [0.1, 0.15) is 0 Å². The number of benzene rings is 1. The van der Waals surface area contributed by atoms with Crippen molar-refractivity contribution in [3.8, 4) is 0 Å². The molecular formula is C8H11BFN5O2. The van der Waals surface area contributed by atoms with Crippen LogP contribution in [0.4, 0.5) is 10.1 Å². The lowest BCUT2D eigenvalue weighted by molar-refractivity contribution is 0.425. The minimum atomic E-state index is -1.88. The highest BCUT2D eigenvalue weighted by atomic mass is 19.1. The van der Waals surface area contributed by atoms with E-state index in [1.807, 2.05) is 0 Å². The average molecular weight is 239 g/mol. The van der Waals surface area contributed by atoms with Gasteiger partial charge in [0, 0.05) is 5.46 Å². The van der Waals surface area contributed by atoms with Gasteiger partial charge in [-0.2, -0.15) is 4.99 Å². The molecule has 0 heterocycles. The number of aliphatic imine (C=N–C) groups is 2. The fraction of sp³-hybridized carbons (Fsp3) is 0. The molecule has 1 aromatic rings. The summed E-state index contributed by atoms with van der Waals surface area (Å²) in [6.07, 6.45) is 0. The number of guanidine groups is 2. The maximum atomic E-state index is 12.9. The van der Waals surface area contributed by atoms with Crippen molar-refractivity contribution in [2.75, 3.05) is 0 Å². The van der Waals surface area contributed by atoms with E-state index in [0.29, 0.717) is 0 Å². The minimum Gasteiger partial charge on any atom is -0.423 e. The van der Waals surface area contributed by atoms with E-state index in [9.17, 15) is 4.39 Å². The molecule has 0 aliphatic rings. The van der Waals surface area contributed by atoms with Gasteiger partial charge < -0.3 is 27.2 Å². The Labute approximate surface area is 96.6 Å². The van der Waals surface area contributed by atoms with Crippen molar-refractivity contribution in [3.63, 3.8) is 0 Å². The highest BCUT2D eigenvalue weighted by Gasteiger charge is 2.16. The Balaban J connectivity index is 3.18. The van der Waals surface area contributed by atoms with Gasteiger partial charge in [-0.25, -0.2) is 9.38 Å². The van der Waals surface area contributed by atoms with E-state index in [-0.39, 0.29) is 23.1 Å². The smallest absolute Gasteiger partial charge is 0.423 e. The van der Waals surface area contributed by atoms with Crippen LogP contribution in [0, 0.1) is 5.82 Å². The fourth-order valence-electron chi connectivity index (χ4n) is 1.11. The lowest BCUT2D eigenvalue weighted by Crippen LogP contribution is -2.31. The molecule has 0 aromatic heterocycles. The summed E-state index contributed by atoms with van der Waals surface area (Å²) in [6.45, 7) is 0. The molecular weight excluding hydrogens is 228 g/mol. The summed E-state index contributed by atoms with van der Waals surface area (Å²) in [5, 5.41) is 18.0. The largest absolute Gasteiger partial charge is 0.490 e. The molecule has 0 radical (unpaired) electrons. The predicted octanol–water partition coefficient (Wildman–Crippen LogP) is -2.27. The van der Waals surface area contributed by atoms with Gasteiger partial charge in [0.15, 0.2) is 5.96 Å². The topological polar surface area (TPSA) is 143 Å². The molecule has 9 heteroatoms. The Morgan fingerprint density at radius 3 is 2.41 bits per heavy atom. The van der Waals surface area contributed by atoms with Crippen molar-refractivity contribution in [1.29, 1.82) is 0 Å². The van der Waals surface area contributed by atoms with E-state index in [4.69, 9.17) is 27.2 Å². The van der Waals surface area contributed by atoms with Crippen LogP contribution in [0.5, 0.6) is 0 Å². The van der Waals surface area contributed by atoms with E-state index in [1.165, 1.54) is 6.07 Å². The Bertz CT molecular complexity index is 473. The van der Waals surface area contributed by atoms with E-state index in [0.717, 1.165) is 12.1 Å². The Hall–Kier alpha value is -2.13. The van der Waals surface area contributed by atoms with Gasteiger partial charge in [-0.1, -0.05) is 0 Å². The van der Waals surface area contributed by atoms with Crippen molar-refractivity contribution >= 4 is 30.2 Å². The van der Waals surface area contributed by atoms with Gasteiger partial charge in [0.1, 0.15) is 5.82 Å². The second-order valence-corrected chi connectivity index (χ2v) is 3.08. The fourth-order valence-corrected chi connectivity index (χ4v) is 1.11. The highest BCUT2D eigenvalue weighted by Crippen LogP contribution is 2.10. The van der Waals surface area contributed by atoms with Crippen molar-refractivity contribution in [3.05, 3.63) is 24.0 Å². The second kappa shape index (κ2) is 5.28. The SMILES string of the molecule is NC(N)=NC(N)=Nc1ccc(F)cc1B(O)O. The molecule has 0 fully saturated rings. The zero-order valence-electron chi connectivity index (χ0n) is 8.71. The van der Waals surface area contributed by atoms with Crippen molar-refractivity contribution in [2.45, 2.75) is 0 Å². The van der Waals surface area contributed by atoms with Crippen LogP contribution >= 0.6 is 0 Å². The Kier molecular flexibility index (Phi) is 4.02. The summed E-state index contributed by atoms with van der Waals surface area (Å²) in [5.74, 6) is -1.20. The molecule has 1 aromatic carbocycles. The molecule has 17 heavy (non-hydrogen) atoms. The zero-order chi connectivity index (χ0) is 13.0. The highest BCUT2D eigenvalue weighted by molar-refractivity contribution is 6.60. The third-order valence-electron chi connectivity index (χ3n) is 1.75. The molecule has 0 amide bonds. The first-order chi connectivity index (χ1) is 7.90. The summed E-state index contributed by atoms with van der Waals surface area (Å²) in [4.78, 5) is 7.16. The maximum absolute atomic E-state index is 12.9. The summed E-state index contributed by atoms with van der Waals surface area (Å²) in [5.41, 5.74) is 15.4. The molecule has 0 atom stereocenters. The van der Waals surface area contributed by atoms with Crippen LogP contribution in [0.15, 0.2) is 28.2 Å². The first-order valence-corrected chi connectivity index (χ1v) is 4.49. The van der Waals surface area contributed by atoms with Gasteiger partial charge >= 0.3 is 7.12 Å². The first kappa shape index (κ1) is 12.9. The van der Waals surface area contributed by atoms with Crippen LogP contribution in [0.2, 0.25) is 0 Å². The minimum absolute atomic E-state index is 0.0592. The third-order valence-corrected chi connectivity index (χ3v) is 1.75. The van der Waals surface area contributed by atoms with E-state index < -0.39 is 12.9 Å². The Morgan fingerprint density at radius 2 is 1.88 bits per heavy atom. The number of nitrogens with two attached hydrogens (primary N) is 3. The molecule has 0 bridgehead atoms. The van der Waals surface area contributed by atoms with Crippen molar-refractivity contribution in [2.24, 2.45) is 27.2 Å². The number of nitrogens with zero attached hydrogens (tertiary/aromatic N) is 2. The maximum Gasteiger partial charge on any atom is 0.490 e. The van der Waals surface area contributed by atoms with Gasteiger partial charge in [-0.3, -0.25) is 0 Å². The number of hydrogen-bond donors (Lipinski definition) is 5. The molecule has 0 unspecified atom stereocenters. The van der Waals surface area contributed by atoms with Crippen LogP contribution in [0.3, 0.4) is 0 Å². The molecule has 8 N–H and O–H groups in total. The predicted molar refractivity (Wildman–Crippen MR) is 63.3 cm³/mol. The molecule has 90 valence electrons. The van der Waals surface area contributed by atoms with Crippen molar-refractivity contribution in [1.82, 2.24) is 0 Å². The molecule has 7 nitrogen and oxygen atoms in total. The molecule has 0 saturated carbocycles. The zero-order valence-corrected chi connectivity index (χ0v) is 8.71. The van der Waals surface area contributed by atoms with Gasteiger partial charge in [-0.15, -0.1) is 0 Å². The quantitative estimate of drug-likeness (QED) is 0.224. The van der Waals surface area contributed by atoms with Gasteiger partial charge in [-0.05, 0) is 18.2 Å². The monoisotopic (exact) mass is 239 g/mol. The second-order valence-electron chi connectivity index (χ2n) is 3.08. The summed E-state index contributed by atoms with van der Waals surface area (Å²) >= 11 is 0.